The van der Waals surface area contributed by atoms with Gasteiger partial charge in [-0.1, -0.05) is 12.1 Å². The molecule has 0 atom stereocenters. The molecule has 0 spiro atoms. The summed E-state index contributed by atoms with van der Waals surface area (Å²) in [5.41, 5.74) is 4.83. The average molecular weight is 405 g/mol. The van der Waals surface area contributed by atoms with Crippen molar-refractivity contribution < 1.29 is 22.0 Å². The van der Waals surface area contributed by atoms with E-state index < -0.39 is 26.6 Å². The molecule has 1 aliphatic rings. The van der Waals surface area contributed by atoms with Gasteiger partial charge in [0, 0.05) is 31.3 Å². The molecule has 0 amide bonds. The van der Waals surface area contributed by atoms with E-state index in [0.29, 0.717) is 23.7 Å². The lowest BCUT2D eigenvalue weighted by molar-refractivity contribution is 0.0453. The summed E-state index contributed by atoms with van der Waals surface area (Å²) < 4.78 is 52.9. The number of sulfonamides is 1. The second kappa shape index (κ2) is 8.48. The molecule has 1 heterocycles. The number of nitrogens with zero attached hydrogens (tertiary/aromatic N) is 2. The van der Waals surface area contributed by atoms with E-state index in [1.165, 1.54) is 0 Å². The van der Waals surface area contributed by atoms with Gasteiger partial charge in [0.2, 0.25) is 10.0 Å². The normalized spacial score (nSPS) is 15.0. The van der Waals surface area contributed by atoms with Crippen LogP contribution in [0.5, 0.6) is 0 Å². The molecule has 28 heavy (non-hydrogen) atoms. The van der Waals surface area contributed by atoms with Gasteiger partial charge < -0.3 is 0 Å². The van der Waals surface area contributed by atoms with Gasteiger partial charge in [-0.2, -0.15) is 9.57 Å². The Hall–Kier alpha value is -2.80. The molecule has 0 aromatic heterocycles. The predicted molar refractivity (Wildman–Crippen MR) is 96.9 cm³/mol. The molecule has 0 aliphatic carbocycles. The zero-order valence-electron chi connectivity index (χ0n) is 14.7. The Morgan fingerprint density at radius 1 is 1.18 bits per heavy atom. The van der Waals surface area contributed by atoms with Crippen molar-refractivity contribution >= 4 is 10.0 Å². The van der Waals surface area contributed by atoms with Crippen molar-refractivity contribution in [3.63, 3.8) is 0 Å². The van der Waals surface area contributed by atoms with Gasteiger partial charge in [0.25, 0.3) is 0 Å². The van der Waals surface area contributed by atoms with Gasteiger partial charge in [-0.3, -0.25) is 10.3 Å². The number of halogens is 2. The number of hydrogen-bond donors (Lipinski definition) is 1. The van der Waals surface area contributed by atoms with Crippen LogP contribution in [0.4, 0.5) is 8.78 Å². The Bertz CT molecular complexity index is 1030. The van der Waals surface area contributed by atoms with Crippen molar-refractivity contribution in [1.29, 1.82) is 5.26 Å². The Morgan fingerprint density at radius 3 is 2.57 bits per heavy atom. The molecule has 146 valence electrons. The van der Waals surface area contributed by atoms with Gasteiger partial charge in [0.05, 0.1) is 23.1 Å². The molecule has 2 aromatic rings. The van der Waals surface area contributed by atoms with Crippen LogP contribution in [0.3, 0.4) is 0 Å². The Labute approximate surface area is 161 Å². The first-order valence-electron chi connectivity index (χ1n) is 8.40. The minimum Gasteiger partial charge on any atom is -0.272 e. The van der Waals surface area contributed by atoms with Gasteiger partial charge in [-0.05, 0) is 35.9 Å². The number of nitriles is 1. The number of hydrogen-bond acceptors (Lipinski definition) is 5. The second-order valence-corrected chi connectivity index (χ2v) is 8.09. The first-order valence-corrected chi connectivity index (χ1v) is 9.84. The van der Waals surface area contributed by atoms with Crippen molar-refractivity contribution in [3.05, 3.63) is 77.0 Å². The van der Waals surface area contributed by atoms with E-state index in [2.05, 4.69) is 5.48 Å². The minimum absolute atomic E-state index is 0.0517. The van der Waals surface area contributed by atoms with Crippen LogP contribution in [0.1, 0.15) is 17.5 Å². The molecule has 0 fully saturated rings. The maximum Gasteiger partial charge on any atom is 0.243 e. The average Bonchev–Trinajstić information content (AvgIpc) is 2.68. The summed E-state index contributed by atoms with van der Waals surface area (Å²) in [7, 11) is -3.99. The van der Waals surface area contributed by atoms with Crippen molar-refractivity contribution in [1.82, 2.24) is 9.79 Å². The third-order valence-electron chi connectivity index (χ3n) is 4.14. The lowest BCUT2D eigenvalue weighted by Gasteiger charge is -2.26. The molecule has 9 heteroatoms. The van der Waals surface area contributed by atoms with Gasteiger partial charge in [0.15, 0.2) is 0 Å². The van der Waals surface area contributed by atoms with E-state index in [9.17, 15) is 17.2 Å². The number of hydroxylamine groups is 1. The lowest BCUT2D eigenvalue weighted by atomic mass is 10.1. The van der Waals surface area contributed by atoms with Crippen LogP contribution in [0.2, 0.25) is 0 Å². The highest BCUT2D eigenvalue weighted by Gasteiger charge is 2.27. The first kappa shape index (κ1) is 19.9. The molecule has 3 rings (SSSR count). The molecule has 0 bridgehead atoms. The van der Waals surface area contributed by atoms with Crippen molar-refractivity contribution in [2.24, 2.45) is 0 Å². The van der Waals surface area contributed by atoms with E-state index >= 15 is 0 Å². The fourth-order valence-electron chi connectivity index (χ4n) is 2.73. The lowest BCUT2D eigenvalue weighted by Crippen LogP contribution is -2.36. The fourth-order valence-corrected chi connectivity index (χ4v) is 4.15. The topological polar surface area (TPSA) is 82.4 Å². The molecule has 0 saturated heterocycles. The predicted octanol–water partition coefficient (Wildman–Crippen LogP) is 2.84. The van der Waals surface area contributed by atoms with Gasteiger partial charge in [0.1, 0.15) is 11.6 Å². The standard InChI is InChI=1S/C19H17F2N3O3S/c20-16-9-17(21)11-19(10-16)28(25,26)24-6-4-18(5-7-24)23-27-13-15-3-1-2-14(8-15)12-22/h1-4,8-11,23H,5-7,13H2. The van der Waals surface area contributed by atoms with Crippen LogP contribution in [-0.4, -0.2) is 25.8 Å². The van der Waals surface area contributed by atoms with Crippen LogP contribution in [0, 0.1) is 23.0 Å². The quantitative estimate of drug-likeness (QED) is 0.748. The highest BCUT2D eigenvalue weighted by molar-refractivity contribution is 7.89. The minimum atomic E-state index is -3.99. The summed E-state index contributed by atoms with van der Waals surface area (Å²) in [5.74, 6) is -1.88. The van der Waals surface area contributed by atoms with Crippen LogP contribution in [0.15, 0.2) is 59.1 Å². The molecular weight excluding hydrogens is 388 g/mol. The number of nitrogens with one attached hydrogen (secondary N) is 1. The Kier molecular flexibility index (Phi) is 6.04. The van der Waals surface area contributed by atoms with E-state index in [4.69, 9.17) is 10.1 Å². The zero-order chi connectivity index (χ0) is 20.1. The van der Waals surface area contributed by atoms with Crippen LogP contribution >= 0.6 is 0 Å². The third-order valence-corrected chi connectivity index (χ3v) is 5.99. The van der Waals surface area contributed by atoms with E-state index in [-0.39, 0.29) is 19.7 Å². The molecule has 1 aliphatic heterocycles. The zero-order valence-corrected chi connectivity index (χ0v) is 15.5. The SMILES string of the molecule is N#Cc1cccc(CONC2=CCN(S(=O)(=O)c3cc(F)cc(F)c3)CC2)c1. The molecule has 0 radical (unpaired) electrons. The van der Waals surface area contributed by atoms with Crippen LogP contribution in [-0.2, 0) is 21.5 Å². The summed E-state index contributed by atoms with van der Waals surface area (Å²) in [6, 6.07) is 11.3. The third kappa shape index (κ3) is 4.72. The monoisotopic (exact) mass is 405 g/mol. The number of benzene rings is 2. The summed E-state index contributed by atoms with van der Waals surface area (Å²) in [4.78, 5) is 4.99. The highest BCUT2D eigenvalue weighted by Crippen LogP contribution is 2.21. The molecular formula is C19H17F2N3O3S. The van der Waals surface area contributed by atoms with Crippen molar-refractivity contribution in [2.75, 3.05) is 13.1 Å². The van der Waals surface area contributed by atoms with Crippen molar-refractivity contribution in [2.45, 2.75) is 17.9 Å². The van der Waals surface area contributed by atoms with E-state index in [1.54, 1.807) is 24.3 Å². The summed E-state index contributed by atoms with van der Waals surface area (Å²) in [5, 5.41) is 8.88. The molecule has 1 N–H and O–H groups in total. The van der Waals surface area contributed by atoms with Crippen LogP contribution < -0.4 is 5.48 Å². The highest BCUT2D eigenvalue weighted by atomic mass is 32.2. The summed E-state index contributed by atoms with van der Waals surface area (Å²) in [6.07, 6.45) is 2.00. The Balaban J connectivity index is 1.58. The van der Waals surface area contributed by atoms with Gasteiger partial charge in [-0.25, -0.2) is 17.2 Å². The smallest absolute Gasteiger partial charge is 0.243 e. The maximum absolute atomic E-state index is 13.3. The van der Waals surface area contributed by atoms with Gasteiger partial charge in [-0.15, -0.1) is 0 Å². The second-order valence-electron chi connectivity index (χ2n) is 6.15. The maximum atomic E-state index is 13.3. The first-order chi connectivity index (χ1) is 13.4. The summed E-state index contributed by atoms with van der Waals surface area (Å²) >= 11 is 0. The van der Waals surface area contributed by atoms with E-state index in [0.717, 1.165) is 22.0 Å². The molecule has 0 unspecified atom stereocenters. The summed E-state index contributed by atoms with van der Waals surface area (Å²) in [6.45, 7) is 0.431. The van der Waals surface area contributed by atoms with Crippen LogP contribution in [0.25, 0.3) is 0 Å². The van der Waals surface area contributed by atoms with E-state index in [1.807, 2.05) is 12.1 Å². The molecule has 2 aromatic carbocycles. The largest absolute Gasteiger partial charge is 0.272 e. The van der Waals surface area contributed by atoms with Crippen molar-refractivity contribution in [3.8, 4) is 6.07 Å². The Morgan fingerprint density at radius 2 is 1.93 bits per heavy atom. The van der Waals surface area contributed by atoms with Gasteiger partial charge >= 0.3 is 0 Å². The molecule has 6 nitrogen and oxygen atoms in total. The number of rotatable bonds is 6. The fraction of sp³-hybridized carbons (Fsp3) is 0.211. The molecule has 0 saturated carbocycles.